The maximum Gasteiger partial charge on any atom is 0.326 e. The number of carboxylic acid groups (broad SMARTS) is 1. The van der Waals surface area contributed by atoms with Gasteiger partial charge in [0.05, 0.1) is 18.6 Å². The topological polar surface area (TPSA) is 177 Å². The molecular weight excluding hydrogens is 492 g/mol. The highest BCUT2D eigenvalue weighted by Crippen LogP contribution is 2.19. The van der Waals surface area contributed by atoms with Crippen molar-refractivity contribution >= 4 is 29.6 Å². The van der Waals surface area contributed by atoms with E-state index in [1.165, 1.54) is 6.07 Å². The summed E-state index contributed by atoms with van der Waals surface area (Å²) in [7, 11) is 0. The number of carbonyl (C=O) groups excluding carboxylic acids is 4. The molecule has 0 spiro atoms. The molecule has 0 unspecified atom stereocenters. The number of hydrogen-bond donors (Lipinski definition) is 5. The number of primary amides is 1. The lowest BCUT2D eigenvalue weighted by Crippen LogP contribution is -2.50. The van der Waals surface area contributed by atoms with Crippen molar-refractivity contribution in [3.63, 3.8) is 0 Å². The molecule has 0 aliphatic carbocycles. The predicted molar refractivity (Wildman–Crippen MR) is 140 cm³/mol. The number of ether oxygens (including phenoxy) is 1. The Morgan fingerprint density at radius 2 is 1.55 bits per heavy atom. The first-order valence-corrected chi connectivity index (χ1v) is 13.4. The number of fused-ring (bicyclic) bond motifs is 1. The van der Waals surface area contributed by atoms with Crippen LogP contribution >= 0.6 is 0 Å². The summed E-state index contributed by atoms with van der Waals surface area (Å²) in [6, 6.07) is 3.92. The number of aliphatic carboxylic acids is 1. The summed E-state index contributed by atoms with van der Waals surface area (Å²) >= 11 is 0. The van der Waals surface area contributed by atoms with Crippen molar-refractivity contribution in [3.8, 4) is 5.75 Å². The van der Waals surface area contributed by atoms with Gasteiger partial charge in [-0.2, -0.15) is 0 Å². The third-order valence-corrected chi connectivity index (χ3v) is 6.33. The largest absolute Gasteiger partial charge is 0.493 e. The van der Waals surface area contributed by atoms with Gasteiger partial charge in [-0.3, -0.25) is 19.2 Å². The van der Waals surface area contributed by atoms with E-state index in [9.17, 15) is 29.1 Å². The Bertz CT molecular complexity index is 953. The van der Waals surface area contributed by atoms with E-state index >= 15 is 0 Å². The molecule has 1 aromatic rings. The number of benzene rings is 1. The lowest BCUT2D eigenvalue weighted by atomic mass is 10.1. The van der Waals surface area contributed by atoms with Gasteiger partial charge >= 0.3 is 5.97 Å². The van der Waals surface area contributed by atoms with Gasteiger partial charge in [0.25, 0.3) is 5.91 Å². The van der Waals surface area contributed by atoms with Crippen LogP contribution in [-0.2, 0) is 19.2 Å². The maximum absolute atomic E-state index is 12.9. The number of hydrogen-bond acceptors (Lipinski definition) is 6. The molecule has 1 aliphatic rings. The van der Waals surface area contributed by atoms with Crippen LogP contribution < -0.4 is 26.4 Å². The fourth-order valence-corrected chi connectivity index (χ4v) is 4.19. The van der Waals surface area contributed by atoms with Crippen LogP contribution in [0.5, 0.6) is 5.75 Å². The number of amides is 4. The van der Waals surface area contributed by atoms with E-state index in [1.807, 2.05) is 0 Å². The zero-order valence-electron chi connectivity index (χ0n) is 21.8. The number of rotatable bonds is 4. The fraction of sp³-hybridized carbons (Fsp3) is 0.593. The maximum atomic E-state index is 12.9. The zero-order chi connectivity index (χ0) is 27.8. The van der Waals surface area contributed by atoms with E-state index in [4.69, 9.17) is 10.5 Å². The second kappa shape index (κ2) is 17.0. The lowest BCUT2D eigenvalue weighted by molar-refractivity contribution is -0.141. The highest BCUT2D eigenvalue weighted by atomic mass is 16.5. The molecule has 210 valence electrons. The van der Waals surface area contributed by atoms with E-state index < -0.39 is 48.1 Å². The summed E-state index contributed by atoms with van der Waals surface area (Å²) in [4.78, 5) is 61.4. The average molecular weight is 533 g/mol. The summed E-state index contributed by atoms with van der Waals surface area (Å²) in [6.45, 7) is 0.859. The van der Waals surface area contributed by atoms with Crippen molar-refractivity contribution in [1.29, 1.82) is 0 Å². The van der Waals surface area contributed by atoms with Crippen molar-refractivity contribution in [2.24, 2.45) is 5.73 Å². The molecular formula is C27H40N4O7. The molecule has 1 aliphatic heterocycles. The Morgan fingerprint density at radius 3 is 2.21 bits per heavy atom. The van der Waals surface area contributed by atoms with Gasteiger partial charge < -0.3 is 31.5 Å². The molecule has 11 heteroatoms. The predicted octanol–water partition coefficient (Wildman–Crippen LogP) is 2.03. The molecule has 2 atom stereocenters. The van der Waals surface area contributed by atoms with Crippen molar-refractivity contribution in [2.75, 3.05) is 13.2 Å². The molecule has 1 aromatic carbocycles. The van der Waals surface area contributed by atoms with Crippen LogP contribution in [-0.4, -0.2) is 59.9 Å². The van der Waals surface area contributed by atoms with Gasteiger partial charge in [-0.25, -0.2) is 4.79 Å². The Kier molecular flexibility index (Phi) is 13.7. The molecule has 6 N–H and O–H groups in total. The van der Waals surface area contributed by atoms with Crippen LogP contribution in [0, 0.1) is 0 Å². The first-order chi connectivity index (χ1) is 18.3. The van der Waals surface area contributed by atoms with E-state index in [-0.39, 0.29) is 18.4 Å². The van der Waals surface area contributed by atoms with E-state index in [1.54, 1.807) is 18.2 Å². The number of para-hydroxylation sites is 1. The Balaban J connectivity index is 2.15. The standard InChI is InChI=1S/C27H40N4O7/c28-23(32)15-14-20-26(35)29-16-10-6-4-2-1-3-5-7-11-17-38-22-13-9-8-12-19(22)25(34)31-21(27(36)37)18-24(33)30-20/h8-9,12-13,20-21H,1-7,10-11,14-18H2,(H2,28,32)(H,29,35)(H,30,33)(H,31,34)(H,36,37)/t20-,21-/m0/s1. The monoisotopic (exact) mass is 532 g/mol. The number of nitrogens with two attached hydrogens (primary N) is 1. The highest BCUT2D eigenvalue weighted by molar-refractivity contribution is 6.00. The number of carboxylic acids is 1. The number of nitrogens with one attached hydrogen (secondary N) is 3. The number of carbonyl (C=O) groups is 5. The first kappa shape index (κ1) is 30.6. The quantitative estimate of drug-likeness (QED) is 0.394. The van der Waals surface area contributed by atoms with Crippen LogP contribution in [0.25, 0.3) is 0 Å². The van der Waals surface area contributed by atoms with Crippen LogP contribution in [0.1, 0.15) is 87.4 Å². The molecule has 4 amide bonds. The second-order valence-corrected chi connectivity index (χ2v) is 9.51. The van der Waals surface area contributed by atoms with Gasteiger partial charge in [-0.05, 0) is 31.4 Å². The lowest BCUT2D eigenvalue weighted by Gasteiger charge is -2.20. The zero-order valence-corrected chi connectivity index (χ0v) is 21.8. The summed E-state index contributed by atoms with van der Waals surface area (Å²) in [5.74, 6) is -3.62. The minimum Gasteiger partial charge on any atom is -0.493 e. The van der Waals surface area contributed by atoms with Crippen LogP contribution in [0.3, 0.4) is 0 Å². The van der Waals surface area contributed by atoms with Gasteiger partial charge in [-0.15, -0.1) is 0 Å². The first-order valence-electron chi connectivity index (χ1n) is 13.4. The third kappa shape index (κ3) is 11.6. The van der Waals surface area contributed by atoms with Gasteiger partial charge in [0.15, 0.2) is 0 Å². The second-order valence-electron chi connectivity index (χ2n) is 9.51. The Morgan fingerprint density at radius 1 is 0.921 bits per heavy atom. The van der Waals surface area contributed by atoms with Crippen LogP contribution in [0.2, 0.25) is 0 Å². The molecule has 0 saturated carbocycles. The minimum atomic E-state index is -1.54. The van der Waals surface area contributed by atoms with Crippen molar-refractivity contribution in [3.05, 3.63) is 29.8 Å². The van der Waals surface area contributed by atoms with Crippen LogP contribution in [0.4, 0.5) is 0 Å². The summed E-state index contributed by atoms with van der Waals surface area (Å²) in [5.41, 5.74) is 5.37. The normalized spacial score (nSPS) is 21.5. The smallest absolute Gasteiger partial charge is 0.326 e. The molecule has 0 radical (unpaired) electrons. The van der Waals surface area contributed by atoms with Crippen molar-refractivity contribution in [1.82, 2.24) is 16.0 Å². The van der Waals surface area contributed by atoms with Gasteiger partial charge in [0.2, 0.25) is 17.7 Å². The Labute approximate surface area is 223 Å². The highest BCUT2D eigenvalue weighted by Gasteiger charge is 2.28. The van der Waals surface area contributed by atoms with Crippen molar-refractivity contribution < 1.29 is 33.8 Å². The van der Waals surface area contributed by atoms with E-state index in [0.717, 1.165) is 57.8 Å². The molecule has 38 heavy (non-hydrogen) atoms. The summed E-state index contributed by atoms with van der Waals surface area (Å²) < 4.78 is 5.80. The minimum absolute atomic E-state index is 0.0261. The molecule has 11 nitrogen and oxygen atoms in total. The molecule has 0 bridgehead atoms. The third-order valence-electron chi connectivity index (χ3n) is 6.33. The van der Waals surface area contributed by atoms with E-state index in [2.05, 4.69) is 16.0 Å². The fourth-order valence-electron chi connectivity index (χ4n) is 4.19. The van der Waals surface area contributed by atoms with Gasteiger partial charge in [-0.1, -0.05) is 57.1 Å². The molecule has 2 rings (SSSR count). The van der Waals surface area contributed by atoms with Crippen LogP contribution in [0.15, 0.2) is 24.3 Å². The summed E-state index contributed by atoms with van der Waals surface area (Å²) in [6.07, 6.45) is 8.38. The SMILES string of the molecule is NC(=O)CC[C@@H]1NC(=O)C[C@@H](C(=O)O)NC(=O)c2ccccc2OCCCCCCCCCCCNC1=O. The van der Waals surface area contributed by atoms with Gasteiger partial charge in [0, 0.05) is 13.0 Å². The van der Waals surface area contributed by atoms with Gasteiger partial charge in [0.1, 0.15) is 17.8 Å². The molecule has 0 aromatic heterocycles. The molecule has 0 fully saturated rings. The van der Waals surface area contributed by atoms with Crippen molar-refractivity contribution in [2.45, 2.75) is 89.1 Å². The van der Waals surface area contributed by atoms with E-state index in [0.29, 0.717) is 18.9 Å². The average Bonchev–Trinajstić information content (AvgIpc) is 2.88. The Hall–Kier alpha value is -3.63. The molecule has 0 saturated heterocycles. The summed E-state index contributed by atoms with van der Waals surface area (Å²) in [5, 5.41) is 17.3. The molecule has 1 heterocycles.